The molecule has 0 fully saturated rings. The maximum absolute atomic E-state index is 10.7. The minimum Gasteiger partial charge on any atom is -0.205 e. The third-order valence-corrected chi connectivity index (χ3v) is 1.97. The van der Waals surface area contributed by atoms with Crippen LogP contribution in [0.15, 0.2) is 28.7 Å². The molecule has 0 unspecified atom stereocenters. The second-order valence-corrected chi connectivity index (χ2v) is 4.64. The molecule has 0 aliphatic rings. The van der Waals surface area contributed by atoms with Crippen LogP contribution in [0.4, 0.5) is 0 Å². The van der Waals surface area contributed by atoms with Crippen molar-refractivity contribution in [2.75, 3.05) is 6.26 Å². The molecule has 1 aromatic carbocycles. The van der Waals surface area contributed by atoms with Crippen LogP contribution in [0.5, 0.6) is 0 Å². The van der Waals surface area contributed by atoms with Crippen LogP contribution in [0.3, 0.4) is 0 Å². The molecule has 0 radical (unpaired) electrons. The molecule has 13 heavy (non-hydrogen) atoms. The zero-order valence-electron chi connectivity index (χ0n) is 6.94. The Kier molecular flexibility index (Phi) is 3.06. The summed E-state index contributed by atoms with van der Waals surface area (Å²) in [5.74, 6) is 0. The summed E-state index contributed by atoms with van der Waals surface area (Å²) >= 11 is 5.68. The van der Waals surface area contributed by atoms with E-state index in [1.807, 2.05) is 0 Å². The van der Waals surface area contributed by atoms with Gasteiger partial charge < -0.3 is 0 Å². The predicted octanol–water partition coefficient (Wildman–Crippen LogP) is 1.72. The van der Waals surface area contributed by atoms with Gasteiger partial charge in [-0.1, -0.05) is 23.7 Å². The van der Waals surface area contributed by atoms with Crippen molar-refractivity contribution in [2.24, 2.45) is 4.40 Å². The predicted molar refractivity (Wildman–Crippen MR) is 53.9 cm³/mol. The second-order valence-electron chi connectivity index (χ2n) is 2.52. The molecule has 0 aromatic heterocycles. The first-order valence-electron chi connectivity index (χ1n) is 3.48. The normalized spacial score (nSPS) is 12.2. The van der Waals surface area contributed by atoms with Crippen LogP contribution in [0.2, 0.25) is 5.02 Å². The van der Waals surface area contributed by atoms with Gasteiger partial charge in [0, 0.05) is 11.2 Å². The third-order valence-electron chi connectivity index (χ3n) is 1.24. The molecule has 0 saturated carbocycles. The van der Waals surface area contributed by atoms with Crippen LogP contribution < -0.4 is 0 Å². The molecule has 5 heteroatoms. The van der Waals surface area contributed by atoms with Gasteiger partial charge in [-0.05, 0) is 17.7 Å². The molecule has 0 saturated heterocycles. The van der Waals surface area contributed by atoms with E-state index >= 15 is 0 Å². The van der Waals surface area contributed by atoms with Gasteiger partial charge in [0.1, 0.15) is 0 Å². The first kappa shape index (κ1) is 10.2. The first-order valence-corrected chi connectivity index (χ1v) is 5.71. The lowest BCUT2D eigenvalue weighted by atomic mass is 10.2. The van der Waals surface area contributed by atoms with Gasteiger partial charge in [0.15, 0.2) is 0 Å². The summed E-state index contributed by atoms with van der Waals surface area (Å²) in [5.41, 5.74) is 0.665. The summed E-state index contributed by atoms with van der Waals surface area (Å²) in [6, 6.07) is 6.79. The van der Waals surface area contributed by atoms with Crippen molar-refractivity contribution in [3.63, 3.8) is 0 Å². The summed E-state index contributed by atoms with van der Waals surface area (Å²) in [6.07, 6.45) is 2.30. The van der Waals surface area contributed by atoms with Crippen LogP contribution in [-0.2, 0) is 10.0 Å². The molecule has 0 spiro atoms. The number of hydrogen-bond donors (Lipinski definition) is 0. The van der Waals surface area contributed by atoms with Crippen molar-refractivity contribution in [3.8, 4) is 0 Å². The first-order chi connectivity index (χ1) is 5.97. The molecule has 0 aliphatic heterocycles. The molecular weight excluding hydrogens is 210 g/mol. The van der Waals surface area contributed by atoms with Crippen LogP contribution in [0.25, 0.3) is 0 Å². The number of halogens is 1. The molecule has 70 valence electrons. The highest BCUT2D eigenvalue weighted by molar-refractivity contribution is 7.89. The molecule has 0 amide bonds. The van der Waals surface area contributed by atoms with Gasteiger partial charge in [0.05, 0.1) is 6.26 Å². The molecule has 0 heterocycles. The maximum atomic E-state index is 10.7. The van der Waals surface area contributed by atoms with Gasteiger partial charge in [-0.15, -0.1) is 0 Å². The lowest BCUT2D eigenvalue weighted by Crippen LogP contribution is -1.91. The maximum Gasteiger partial charge on any atom is 0.250 e. The zero-order valence-corrected chi connectivity index (χ0v) is 8.51. The number of sulfonamides is 1. The van der Waals surface area contributed by atoms with Crippen LogP contribution in [0, 0.1) is 0 Å². The molecule has 1 aromatic rings. The van der Waals surface area contributed by atoms with Gasteiger partial charge in [0.2, 0.25) is 10.0 Å². The molecule has 0 aliphatic carbocycles. The zero-order chi connectivity index (χ0) is 9.90. The Morgan fingerprint density at radius 2 is 2.15 bits per heavy atom. The lowest BCUT2D eigenvalue weighted by molar-refractivity contribution is 0.604. The van der Waals surface area contributed by atoms with E-state index in [9.17, 15) is 8.42 Å². The SMILES string of the molecule is CS(=O)(=O)/N=C/c1cccc(Cl)c1. The van der Waals surface area contributed by atoms with E-state index in [1.165, 1.54) is 6.21 Å². The average Bonchev–Trinajstić information content (AvgIpc) is 2.00. The summed E-state index contributed by atoms with van der Waals surface area (Å²) in [6.45, 7) is 0. The highest BCUT2D eigenvalue weighted by atomic mass is 35.5. The molecule has 0 N–H and O–H groups in total. The van der Waals surface area contributed by atoms with E-state index in [-0.39, 0.29) is 0 Å². The Morgan fingerprint density at radius 1 is 1.46 bits per heavy atom. The Hall–Kier alpha value is -0.870. The minimum absolute atomic E-state index is 0.553. The standard InChI is InChI=1S/C8H8ClNO2S/c1-13(11,12)10-6-7-3-2-4-8(9)5-7/h2-6H,1H3/b10-6+. The fraction of sp³-hybridized carbons (Fsp3) is 0.125. The summed E-state index contributed by atoms with van der Waals surface area (Å²) < 4.78 is 24.7. The number of rotatable bonds is 2. The smallest absolute Gasteiger partial charge is 0.205 e. The lowest BCUT2D eigenvalue weighted by Gasteiger charge is -1.92. The highest BCUT2D eigenvalue weighted by Gasteiger charge is 1.94. The number of benzene rings is 1. The van der Waals surface area contributed by atoms with E-state index < -0.39 is 10.0 Å². The van der Waals surface area contributed by atoms with E-state index in [0.29, 0.717) is 10.6 Å². The van der Waals surface area contributed by atoms with Gasteiger partial charge in [-0.2, -0.15) is 4.40 Å². The van der Waals surface area contributed by atoms with Gasteiger partial charge in [-0.25, -0.2) is 8.42 Å². The van der Waals surface area contributed by atoms with Gasteiger partial charge in [0.25, 0.3) is 0 Å². The van der Waals surface area contributed by atoms with Crippen molar-refractivity contribution < 1.29 is 8.42 Å². The quantitative estimate of drug-likeness (QED) is 0.709. The van der Waals surface area contributed by atoms with Crippen molar-refractivity contribution in [1.29, 1.82) is 0 Å². The fourth-order valence-electron chi connectivity index (χ4n) is 0.743. The minimum atomic E-state index is -3.31. The Morgan fingerprint density at radius 3 is 2.69 bits per heavy atom. The number of nitrogens with zero attached hydrogens (tertiary/aromatic N) is 1. The van der Waals surface area contributed by atoms with Crippen molar-refractivity contribution >= 4 is 27.8 Å². The van der Waals surface area contributed by atoms with Gasteiger partial charge in [-0.3, -0.25) is 0 Å². The highest BCUT2D eigenvalue weighted by Crippen LogP contribution is 2.08. The number of hydrogen-bond acceptors (Lipinski definition) is 2. The van der Waals surface area contributed by atoms with E-state index in [2.05, 4.69) is 4.40 Å². The summed E-state index contributed by atoms with van der Waals surface area (Å²) in [5, 5.41) is 0.553. The monoisotopic (exact) mass is 217 g/mol. The molecule has 0 bridgehead atoms. The van der Waals surface area contributed by atoms with Crippen LogP contribution in [-0.4, -0.2) is 20.9 Å². The van der Waals surface area contributed by atoms with Crippen molar-refractivity contribution in [2.45, 2.75) is 0 Å². The van der Waals surface area contributed by atoms with E-state index in [4.69, 9.17) is 11.6 Å². The molecule has 0 atom stereocenters. The average molecular weight is 218 g/mol. The van der Waals surface area contributed by atoms with Crippen LogP contribution >= 0.6 is 11.6 Å². The largest absolute Gasteiger partial charge is 0.250 e. The topological polar surface area (TPSA) is 46.5 Å². The molecule has 1 rings (SSSR count). The fourth-order valence-corrected chi connectivity index (χ4v) is 1.26. The van der Waals surface area contributed by atoms with Crippen molar-refractivity contribution in [3.05, 3.63) is 34.9 Å². The second kappa shape index (κ2) is 3.89. The Bertz CT molecular complexity index is 426. The van der Waals surface area contributed by atoms with Crippen LogP contribution in [0.1, 0.15) is 5.56 Å². The van der Waals surface area contributed by atoms with E-state index in [0.717, 1.165) is 6.26 Å². The molecular formula is C8H8ClNO2S. The Labute approximate surface area is 82.1 Å². The summed E-state index contributed by atoms with van der Waals surface area (Å²) in [4.78, 5) is 0. The van der Waals surface area contributed by atoms with Crippen molar-refractivity contribution in [1.82, 2.24) is 0 Å². The molecule has 3 nitrogen and oxygen atoms in total. The van der Waals surface area contributed by atoms with Gasteiger partial charge >= 0.3 is 0 Å². The van der Waals surface area contributed by atoms with E-state index in [1.54, 1.807) is 24.3 Å². The summed E-state index contributed by atoms with van der Waals surface area (Å²) in [7, 11) is -3.31. The Balaban J connectivity index is 2.93. The third kappa shape index (κ3) is 4.05.